The maximum atomic E-state index is 13.4. The van der Waals surface area contributed by atoms with Crippen LogP contribution in [0, 0.1) is 17.5 Å². The predicted molar refractivity (Wildman–Crippen MR) is 47.1 cm³/mol. The lowest BCUT2D eigenvalue weighted by Crippen LogP contribution is -2.12. The van der Waals surface area contributed by atoms with Gasteiger partial charge in [-0.25, -0.2) is 13.2 Å². The fraction of sp³-hybridized carbons (Fsp3) is 0.333. The molecule has 0 heterocycles. The maximum Gasteiger partial charge on any atom is 0.149 e. The van der Waals surface area contributed by atoms with E-state index in [0.29, 0.717) is 18.9 Å². The number of hydrogen-bond acceptors (Lipinski definition) is 1. The van der Waals surface area contributed by atoms with E-state index in [0.717, 1.165) is 0 Å². The lowest BCUT2D eigenvalue weighted by atomic mass is 10.1. The summed E-state index contributed by atoms with van der Waals surface area (Å²) in [6, 6.07) is 0.568. The van der Waals surface area contributed by atoms with Crippen molar-refractivity contribution in [3.8, 4) is 0 Å². The SMILES string of the molecule is OC1(c2c(F)cc(F)c(Br)c2F)CC1. The standard InChI is InChI=1S/C9H6BrF3O/c10-7-5(12)3-4(11)6(8(7)13)9(14)1-2-9/h3,14H,1-2H2. The van der Waals surface area contributed by atoms with Crippen molar-refractivity contribution < 1.29 is 18.3 Å². The number of aliphatic hydroxyl groups is 1. The highest BCUT2D eigenvalue weighted by atomic mass is 79.9. The van der Waals surface area contributed by atoms with Gasteiger partial charge in [0, 0.05) is 6.07 Å². The molecule has 5 heteroatoms. The summed E-state index contributed by atoms with van der Waals surface area (Å²) in [7, 11) is 0. The minimum atomic E-state index is -1.44. The second-order valence-electron chi connectivity index (χ2n) is 3.37. The molecule has 1 saturated carbocycles. The van der Waals surface area contributed by atoms with Gasteiger partial charge < -0.3 is 5.11 Å². The van der Waals surface area contributed by atoms with Crippen LogP contribution in [0.3, 0.4) is 0 Å². The Bertz CT molecular complexity index is 402. The van der Waals surface area contributed by atoms with E-state index in [9.17, 15) is 18.3 Å². The molecule has 1 aromatic rings. The third-order valence-corrected chi connectivity index (χ3v) is 3.03. The molecule has 0 radical (unpaired) electrons. The Morgan fingerprint density at radius 2 is 1.79 bits per heavy atom. The van der Waals surface area contributed by atoms with Gasteiger partial charge in [0.25, 0.3) is 0 Å². The van der Waals surface area contributed by atoms with Gasteiger partial charge in [-0.1, -0.05) is 0 Å². The van der Waals surface area contributed by atoms with Gasteiger partial charge in [0.1, 0.15) is 17.5 Å². The van der Waals surface area contributed by atoms with E-state index in [1.165, 1.54) is 0 Å². The molecule has 14 heavy (non-hydrogen) atoms. The fourth-order valence-electron chi connectivity index (χ4n) is 1.36. The molecule has 0 spiro atoms. The molecule has 1 aliphatic rings. The number of halogens is 4. The summed E-state index contributed by atoms with van der Waals surface area (Å²) in [6.45, 7) is 0. The molecule has 0 unspecified atom stereocenters. The van der Waals surface area contributed by atoms with Gasteiger partial charge in [0.05, 0.1) is 15.6 Å². The first-order chi connectivity index (χ1) is 6.46. The summed E-state index contributed by atoms with van der Waals surface area (Å²) in [6.07, 6.45) is 0.609. The summed E-state index contributed by atoms with van der Waals surface area (Å²) in [5.41, 5.74) is -1.88. The van der Waals surface area contributed by atoms with Gasteiger partial charge >= 0.3 is 0 Å². The highest BCUT2D eigenvalue weighted by Gasteiger charge is 2.47. The van der Waals surface area contributed by atoms with Crippen LogP contribution in [-0.2, 0) is 5.60 Å². The highest BCUT2D eigenvalue weighted by Crippen LogP contribution is 2.48. The quantitative estimate of drug-likeness (QED) is 0.612. The zero-order valence-electron chi connectivity index (χ0n) is 6.95. The summed E-state index contributed by atoms with van der Waals surface area (Å²) in [5.74, 6) is -3.10. The van der Waals surface area contributed by atoms with Gasteiger partial charge in [-0.2, -0.15) is 0 Å². The molecule has 2 rings (SSSR count). The molecule has 1 aliphatic carbocycles. The normalized spacial score (nSPS) is 18.4. The lowest BCUT2D eigenvalue weighted by molar-refractivity contribution is 0.141. The third-order valence-electron chi connectivity index (χ3n) is 2.30. The molecule has 0 bridgehead atoms. The molecule has 76 valence electrons. The van der Waals surface area contributed by atoms with Crippen molar-refractivity contribution in [2.75, 3.05) is 0 Å². The highest BCUT2D eigenvalue weighted by molar-refractivity contribution is 9.10. The van der Waals surface area contributed by atoms with E-state index in [1.807, 2.05) is 0 Å². The summed E-state index contributed by atoms with van der Waals surface area (Å²) < 4.78 is 38.9. The smallest absolute Gasteiger partial charge is 0.149 e. The van der Waals surface area contributed by atoms with Gasteiger partial charge in [0.15, 0.2) is 0 Å². The van der Waals surface area contributed by atoms with E-state index in [4.69, 9.17) is 0 Å². The molecule has 0 aliphatic heterocycles. The van der Waals surface area contributed by atoms with Crippen LogP contribution >= 0.6 is 15.9 Å². The van der Waals surface area contributed by atoms with Crippen LogP contribution in [-0.4, -0.2) is 5.11 Å². The van der Waals surface area contributed by atoms with Crippen LogP contribution in [0.5, 0.6) is 0 Å². The van der Waals surface area contributed by atoms with E-state index < -0.39 is 33.1 Å². The Kier molecular flexibility index (Phi) is 2.12. The van der Waals surface area contributed by atoms with Crippen LogP contribution in [0.25, 0.3) is 0 Å². The monoisotopic (exact) mass is 266 g/mol. The van der Waals surface area contributed by atoms with Crippen molar-refractivity contribution in [1.82, 2.24) is 0 Å². The first-order valence-corrected chi connectivity index (χ1v) is 4.81. The third kappa shape index (κ3) is 1.35. The second kappa shape index (κ2) is 2.97. The maximum absolute atomic E-state index is 13.4. The van der Waals surface area contributed by atoms with Crippen molar-refractivity contribution in [2.24, 2.45) is 0 Å². The van der Waals surface area contributed by atoms with Crippen molar-refractivity contribution in [2.45, 2.75) is 18.4 Å². The largest absolute Gasteiger partial charge is 0.385 e. The molecule has 0 saturated heterocycles. The topological polar surface area (TPSA) is 20.2 Å². The van der Waals surface area contributed by atoms with Gasteiger partial charge in [0.2, 0.25) is 0 Å². The predicted octanol–water partition coefficient (Wildman–Crippen LogP) is 2.85. The van der Waals surface area contributed by atoms with E-state index in [-0.39, 0.29) is 0 Å². The van der Waals surface area contributed by atoms with Crippen molar-refractivity contribution in [1.29, 1.82) is 0 Å². The minimum absolute atomic E-state index is 0.304. The molecular weight excluding hydrogens is 261 g/mol. The first kappa shape index (κ1) is 9.98. The summed E-state index contributed by atoms with van der Waals surface area (Å²) in [5, 5.41) is 9.55. The Labute approximate surface area is 86.7 Å². The van der Waals surface area contributed by atoms with E-state index in [1.54, 1.807) is 0 Å². The van der Waals surface area contributed by atoms with Crippen molar-refractivity contribution in [3.63, 3.8) is 0 Å². The Morgan fingerprint density at radius 1 is 1.21 bits per heavy atom. The van der Waals surface area contributed by atoms with E-state index >= 15 is 0 Å². The molecule has 1 aromatic carbocycles. The Hall–Kier alpha value is -0.550. The zero-order chi connectivity index (χ0) is 10.5. The molecule has 1 nitrogen and oxygen atoms in total. The van der Waals surface area contributed by atoms with Crippen LogP contribution in [0.4, 0.5) is 13.2 Å². The number of rotatable bonds is 1. The first-order valence-electron chi connectivity index (χ1n) is 4.01. The zero-order valence-corrected chi connectivity index (χ0v) is 8.54. The average molecular weight is 267 g/mol. The van der Waals surface area contributed by atoms with E-state index in [2.05, 4.69) is 15.9 Å². The van der Waals surface area contributed by atoms with Crippen LogP contribution in [0.15, 0.2) is 10.5 Å². The van der Waals surface area contributed by atoms with Crippen LogP contribution in [0.2, 0.25) is 0 Å². The summed E-state index contributed by atoms with van der Waals surface area (Å²) in [4.78, 5) is 0. The molecule has 1 fully saturated rings. The Morgan fingerprint density at radius 3 is 2.29 bits per heavy atom. The van der Waals surface area contributed by atoms with Gasteiger partial charge in [-0.3, -0.25) is 0 Å². The van der Waals surface area contributed by atoms with Gasteiger partial charge in [-0.15, -0.1) is 0 Å². The van der Waals surface area contributed by atoms with Crippen LogP contribution in [0.1, 0.15) is 18.4 Å². The van der Waals surface area contributed by atoms with Gasteiger partial charge in [-0.05, 0) is 28.8 Å². The molecule has 0 aromatic heterocycles. The van der Waals surface area contributed by atoms with Crippen molar-refractivity contribution in [3.05, 3.63) is 33.6 Å². The fourth-order valence-corrected chi connectivity index (χ4v) is 1.67. The van der Waals surface area contributed by atoms with Crippen LogP contribution < -0.4 is 0 Å². The molecular formula is C9H6BrF3O. The summed E-state index contributed by atoms with van der Waals surface area (Å²) >= 11 is 2.66. The number of benzene rings is 1. The molecule has 1 N–H and O–H groups in total. The minimum Gasteiger partial charge on any atom is -0.385 e. The lowest BCUT2D eigenvalue weighted by Gasteiger charge is -2.12. The van der Waals surface area contributed by atoms with Crippen molar-refractivity contribution >= 4 is 15.9 Å². The Balaban J connectivity index is 2.65. The molecule has 0 atom stereocenters. The molecule has 0 amide bonds. The second-order valence-corrected chi connectivity index (χ2v) is 4.17. The number of hydrogen-bond donors (Lipinski definition) is 1. The average Bonchev–Trinajstić information content (AvgIpc) is 2.80.